The molecule has 0 spiro atoms. The van der Waals surface area contributed by atoms with E-state index >= 15 is 0 Å². The quantitative estimate of drug-likeness (QED) is 0.0784. The summed E-state index contributed by atoms with van der Waals surface area (Å²) in [5, 5.41) is 0. The van der Waals surface area contributed by atoms with E-state index in [1.807, 2.05) is 0 Å². The number of rotatable bonds is 31. The summed E-state index contributed by atoms with van der Waals surface area (Å²) in [6, 6.07) is 0. The van der Waals surface area contributed by atoms with Crippen molar-refractivity contribution in [3.63, 3.8) is 0 Å². The van der Waals surface area contributed by atoms with Gasteiger partial charge in [-0.05, 0) is 121 Å². The summed E-state index contributed by atoms with van der Waals surface area (Å²) in [6.45, 7) is 44.2. The Morgan fingerprint density at radius 3 is 0.628 bits per heavy atom. The molecule has 0 aliphatic heterocycles. The van der Waals surface area contributed by atoms with Gasteiger partial charge in [-0.25, -0.2) is 0 Å². The molecule has 0 aromatic rings. The van der Waals surface area contributed by atoms with E-state index in [0.29, 0.717) is 0 Å². The first kappa shape index (κ1) is 42.8. The zero-order chi connectivity index (χ0) is 32.5. The van der Waals surface area contributed by atoms with Crippen LogP contribution in [-0.2, 0) is 0 Å². The van der Waals surface area contributed by atoms with Crippen LogP contribution in [0.2, 0.25) is 0 Å². The molecule has 43 heavy (non-hydrogen) atoms. The van der Waals surface area contributed by atoms with E-state index in [-0.39, 0.29) is 0 Å². The zero-order valence-corrected chi connectivity index (χ0v) is 31.8. The SMILES string of the molecule is CCN(CCN(CC)CCN(CCCC(C)C)CCCC(C)C)CCN(CC)CCN(CCCC(C)C)CCCC(C)C. The van der Waals surface area contributed by atoms with Crippen LogP contribution in [0.1, 0.15) is 128 Å². The van der Waals surface area contributed by atoms with Crippen LogP contribution in [0.4, 0.5) is 0 Å². The molecule has 5 heteroatoms. The molecule has 0 atom stereocenters. The van der Waals surface area contributed by atoms with Crippen LogP contribution < -0.4 is 0 Å². The first-order chi connectivity index (χ1) is 20.5. The van der Waals surface area contributed by atoms with Gasteiger partial charge in [-0.2, -0.15) is 0 Å². The summed E-state index contributed by atoms with van der Waals surface area (Å²) >= 11 is 0. The Morgan fingerprint density at radius 2 is 0.465 bits per heavy atom. The smallest absolute Gasteiger partial charge is 0.0110 e. The van der Waals surface area contributed by atoms with Crippen LogP contribution in [0.3, 0.4) is 0 Å². The highest BCUT2D eigenvalue weighted by Gasteiger charge is 2.13. The fourth-order valence-corrected chi connectivity index (χ4v) is 5.98. The first-order valence-electron chi connectivity index (χ1n) is 19.1. The van der Waals surface area contributed by atoms with Crippen LogP contribution in [0.15, 0.2) is 0 Å². The molecule has 0 N–H and O–H groups in total. The van der Waals surface area contributed by atoms with Crippen molar-refractivity contribution in [1.82, 2.24) is 24.5 Å². The molecule has 0 aromatic carbocycles. The predicted molar refractivity (Wildman–Crippen MR) is 196 cm³/mol. The Hall–Kier alpha value is -0.200. The molecule has 0 rings (SSSR count). The molecule has 0 aliphatic carbocycles. The van der Waals surface area contributed by atoms with E-state index < -0.39 is 0 Å². The molecular weight excluding hydrogens is 526 g/mol. The van der Waals surface area contributed by atoms with Gasteiger partial charge in [0.2, 0.25) is 0 Å². The predicted octanol–water partition coefficient (Wildman–Crippen LogP) is 8.30. The summed E-state index contributed by atoms with van der Waals surface area (Å²) in [5.41, 5.74) is 0. The lowest BCUT2D eigenvalue weighted by atomic mass is 10.1. The van der Waals surface area contributed by atoms with E-state index in [2.05, 4.69) is 101 Å². The van der Waals surface area contributed by atoms with E-state index in [1.165, 1.54) is 130 Å². The number of likely N-dealkylation sites (N-methyl/N-ethyl adjacent to an activating group) is 3. The molecule has 0 radical (unpaired) electrons. The number of nitrogens with zero attached hydrogens (tertiary/aromatic N) is 5. The van der Waals surface area contributed by atoms with E-state index in [0.717, 1.165) is 43.3 Å². The third kappa shape index (κ3) is 26.7. The Labute approximate surface area is 273 Å². The Balaban J connectivity index is 4.71. The zero-order valence-electron chi connectivity index (χ0n) is 31.8. The maximum absolute atomic E-state index is 2.76. The molecule has 260 valence electrons. The van der Waals surface area contributed by atoms with E-state index in [9.17, 15) is 0 Å². The van der Waals surface area contributed by atoms with Gasteiger partial charge in [0.05, 0.1) is 0 Å². The lowest BCUT2D eigenvalue weighted by molar-refractivity contribution is 0.158. The van der Waals surface area contributed by atoms with Crippen molar-refractivity contribution in [3.8, 4) is 0 Å². The average Bonchev–Trinajstić information content (AvgIpc) is 2.94. The second kappa shape index (κ2) is 28.1. The van der Waals surface area contributed by atoms with Crippen molar-refractivity contribution >= 4 is 0 Å². The van der Waals surface area contributed by atoms with Gasteiger partial charge < -0.3 is 24.5 Å². The standard InChI is InChI=1S/C38H83N5/c1-12-39(27-29-40(13-2)31-33-42(23-15-19-35(4)5)24-16-20-36(6)7)28-30-41(14-3)32-34-43(25-17-21-37(8)9)26-18-22-38(10)11/h35-38H,12-34H2,1-11H3. The second-order valence-electron chi connectivity index (χ2n) is 15.1. The number of hydrogen-bond donors (Lipinski definition) is 0. The molecule has 0 aromatic heterocycles. The maximum Gasteiger partial charge on any atom is 0.0110 e. The van der Waals surface area contributed by atoms with Crippen LogP contribution in [-0.4, -0.2) is 123 Å². The third-order valence-corrected chi connectivity index (χ3v) is 9.29. The van der Waals surface area contributed by atoms with Crippen molar-refractivity contribution in [2.75, 3.05) is 98.2 Å². The fourth-order valence-electron chi connectivity index (χ4n) is 5.98. The normalized spacial score (nSPS) is 12.8. The largest absolute Gasteiger partial charge is 0.302 e. The lowest BCUT2D eigenvalue weighted by Crippen LogP contribution is -2.43. The minimum absolute atomic E-state index is 0.816. The Bertz CT molecular complexity index is 503. The summed E-state index contributed by atoms with van der Waals surface area (Å²) in [5.74, 6) is 3.27. The van der Waals surface area contributed by atoms with Crippen molar-refractivity contribution in [3.05, 3.63) is 0 Å². The molecule has 0 heterocycles. The first-order valence-corrected chi connectivity index (χ1v) is 19.1. The van der Waals surface area contributed by atoms with Gasteiger partial charge in [0.1, 0.15) is 0 Å². The molecule has 0 bridgehead atoms. The highest BCUT2D eigenvalue weighted by Crippen LogP contribution is 2.10. The molecular formula is C38H83N5. The topological polar surface area (TPSA) is 16.2 Å². The summed E-state index contributed by atoms with van der Waals surface area (Å²) < 4.78 is 0. The van der Waals surface area contributed by atoms with Gasteiger partial charge in [-0.1, -0.05) is 76.2 Å². The second-order valence-corrected chi connectivity index (χ2v) is 15.1. The molecule has 5 nitrogen and oxygen atoms in total. The molecule has 0 fully saturated rings. The highest BCUT2D eigenvalue weighted by molar-refractivity contribution is 4.70. The lowest BCUT2D eigenvalue weighted by Gasteiger charge is -2.31. The van der Waals surface area contributed by atoms with Crippen LogP contribution in [0.25, 0.3) is 0 Å². The summed E-state index contributed by atoms with van der Waals surface area (Å²) in [4.78, 5) is 13.6. The minimum atomic E-state index is 0.816. The number of hydrogen-bond acceptors (Lipinski definition) is 5. The summed E-state index contributed by atoms with van der Waals surface area (Å²) in [6.07, 6.45) is 10.8. The molecule has 0 amide bonds. The van der Waals surface area contributed by atoms with Gasteiger partial charge in [-0.3, -0.25) is 0 Å². The molecule has 0 saturated heterocycles. The minimum Gasteiger partial charge on any atom is -0.302 e. The fraction of sp³-hybridized carbons (Fsp3) is 1.00. The van der Waals surface area contributed by atoms with Crippen LogP contribution in [0, 0.1) is 23.7 Å². The van der Waals surface area contributed by atoms with Crippen molar-refractivity contribution in [1.29, 1.82) is 0 Å². The van der Waals surface area contributed by atoms with Crippen LogP contribution >= 0.6 is 0 Å². The van der Waals surface area contributed by atoms with Crippen LogP contribution in [0.5, 0.6) is 0 Å². The van der Waals surface area contributed by atoms with Crippen molar-refractivity contribution in [2.24, 2.45) is 23.7 Å². The molecule has 0 unspecified atom stereocenters. The van der Waals surface area contributed by atoms with Gasteiger partial charge in [0, 0.05) is 52.4 Å². The van der Waals surface area contributed by atoms with E-state index in [1.54, 1.807) is 0 Å². The van der Waals surface area contributed by atoms with Crippen molar-refractivity contribution < 1.29 is 0 Å². The van der Waals surface area contributed by atoms with Gasteiger partial charge >= 0.3 is 0 Å². The van der Waals surface area contributed by atoms with Gasteiger partial charge in [-0.15, -0.1) is 0 Å². The monoisotopic (exact) mass is 610 g/mol. The Kier molecular flexibility index (Phi) is 27.9. The van der Waals surface area contributed by atoms with Gasteiger partial charge in [0.15, 0.2) is 0 Å². The average molecular weight is 610 g/mol. The highest BCUT2D eigenvalue weighted by atomic mass is 15.2. The van der Waals surface area contributed by atoms with Gasteiger partial charge in [0.25, 0.3) is 0 Å². The Morgan fingerprint density at radius 1 is 0.279 bits per heavy atom. The van der Waals surface area contributed by atoms with E-state index in [4.69, 9.17) is 0 Å². The molecule has 0 aliphatic rings. The van der Waals surface area contributed by atoms with Crippen molar-refractivity contribution in [2.45, 2.75) is 128 Å². The third-order valence-electron chi connectivity index (χ3n) is 9.29. The maximum atomic E-state index is 2.76. The molecule has 0 saturated carbocycles. The summed E-state index contributed by atoms with van der Waals surface area (Å²) in [7, 11) is 0.